The fraction of sp³-hybridized carbons (Fsp3) is 0.250. The second kappa shape index (κ2) is 6.65. The summed E-state index contributed by atoms with van der Waals surface area (Å²) >= 11 is 3.38. The summed E-state index contributed by atoms with van der Waals surface area (Å²) in [6.07, 6.45) is 3.82. The zero-order chi connectivity index (χ0) is 17.4. The summed E-state index contributed by atoms with van der Waals surface area (Å²) in [7, 11) is 1.65. The molecule has 0 saturated carbocycles. The lowest BCUT2D eigenvalue weighted by atomic mass is 9.89. The third kappa shape index (κ3) is 2.98. The average molecular weight is 400 g/mol. The molecule has 25 heavy (non-hydrogen) atoms. The maximum atomic E-state index is 10.6. The van der Waals surface area contributed by atoms with E-state index in [1.807, 2.05) is 36.4 Å². The van der Waals surface area contributed by atoms with Crippen molar-refractivity contribution in [2.75, 3.05) is 7.11 Å². The molecule has 1 atom stereocenters. The Morgan fingerprint density at radius 1 is 1.24 bits per heavy atom. The lowest BCUT2D eigenvalue weighted by Crippen LogP contribution is -2.07. The number of furan rings is 1. The molecule has 1 aliphatic carbocycles. The molecule has 1 aromatic carbocycles. The van der Waals surface area contributed by atoms with Crippen LogP contribution in [0.3, 0.4) is 0 Å². The number of fused-ring (bicyclic) bond motifs is 1. The molecule has 1 unspecified atom stereocenters. The Bertz CT molecular complexity index is 902. The number of hydrogen-bond donors (Lipinski definition) is 1. The van der Waals surface area contributed by atoms with Crippen molar-refractivity contribution in [1.82, 2.24) is 4.98 Å². The number of halogens is 1. The molecule has 0 aliphatic heterocycles. The SMILES string of the molecule is COc1cccc(-c2oc3c(c2-c2ccc(Br)nc2)C(O)CCC3)c1. The average Bonchev–Trinajstić information content (AvgIpc) is 3.03. The summed E-state index contributed by atoms with van der Waals surface area (Å²) in [5.41, 5.74) is 3.69. The Balaban J connectivity index is 1.96. The second-order valence-electron chi connectivity index (χ2n) is 6.15. The van der Waals surface area contributed by atoms with Crippen LogP contribution in [0.25, 0.3) is 22.5 Å². The Hall–Kier alpha value is -2.11. The van der Waals surface area contributed by atoms with E-state index in [9.17, 15) is 5.11 Å². The standard InChI is InChI=1S/C20H18BrNO3/c1-24-14-5-2-4-12(10-14)20-18(13-8-9-17(21)22-11-13)19-15(23)6-3-7-16(19)25-20/h2,4-5,8-11,15,23H,3,6-7H2,1H3. The maximum Gasteiger partial charge on any atom is 0.142 e. The summed E-state index contributed by atoms with van der Waals surface area (Å²) < 4.78 is 12.3. The smallest absolute Gasteiger partial charge is 0.142 e. The molecule has 0 radical (unpaired) electrons. The van der Waals surface area contributed by atoms with Crippen LogP contribution in [-0.4, -0.2) is 17.2 Å². The highest BCUT2D eigenvalue weighted by atomic mass is 79.9. The number of benzene rings is 1. The van der Waals surface area contributed by atoms with Gasteiger partial charge in [0.2, 0.25) is 0 Å². The molecule has 2 heterocycles. The first-order chi connectivity index (χ1) is 12.2. The first-order valence-corrected chi connectivity index (χ1v) is 9.06. The van der Waals surface area contributed by atoms with E-state index in [-0.39, 0.29) is 0 Å². The molecule has 0 fully saturated rings. The Morgan fingerprint density at radius 2 is 2.12 bits per heavy atom. The van der Waals surface area contributed by atoms with Crippen molar-refractivity contribution in [2.24, 2.45) is 0 Å². The van der Waals surface area contributed by atoms with Crippen LogP contribution in [0.4, 0.5) is 0 Å². The zero-order valence-electron chi connectivity index (χ0n) is 13.8. The van der Waals surface area contributed by atoms with Gasteiger partial charge in [-0.25, -0.2) is 4.98 Å². The van der Waals surface area contributed by atoms with Crippen LogP contribution in [-0.2, 0) is 6.42 Å². The normalized spacial score (nSPS) is 16.5. The van der Waals surface area contributed by atoms with Crippen molar-refractivity contribution in [3.8, 4) is 28.2 Å². The van der Waals surface area contributed by atoms with Gasteiger partial charge in [0.1, 0.15) is 21.9 Å². The van der Waals surface area contributed by atoms with Crippen molar-refractivity contribution in [2.45, 2.75) is 25.4 Å². The van der Waals surface area contributed by atoms with E-state index in [1.54, 1.807) is 13.3 Å². The molecule has 0 saturated heterocycles. The highest BCUT2D eigenvalue weighted by molar-refractivity contribution is 9.10. The number of nitrogens with zero attached hydrogens (tertiary/aromatic N) is 1. The summed E-state index contributed by atoms with van der Waals surface area (Å²) in [5.74, 6) is 2.40. The fourth-order valence-corrected chi connectivity index (χ4v) is 3.64. The largest absolute Gasteiger partial charge is 0.497 e. The van der Waals surface area contributed by atoms with Crippen molar-refractivity contribution >= 4 is 15.9 Å². The molecule has 3 aromatic rings. The molecule has 4 nitrogen and oxygen atoms in total. The van der Waals surface area contributed by atoms with Gasteiger partial charge < -0.3 is 14.3 Å². The van der Waals surface area contributed by atoms with E-state index in [0.717, 1.165) is 63.4 Å². The third-order valence-electron chi connectivity index (χ3n) is 4.58. The van der Waals surface area contributed by atoms with E-state index >= 15 is 0 Å². The van der Waals surface area contributed by atoms with E-state index in [1.165, 1.54) is 0 Å². The topological polar surface area (TPSA) is 55.5 Å². The predicted octanol–water partition coefficient (Wildman–Crippen LogP) is 5.15. The van der Waals surface area contributed by atoms with Crippen LogP contribution in [0.2, 0.25) is 0 Å². The minimum absolute atomic E-state index is 0.509. The Kier molecular flexibility index (Phi) is 4.36. The second-order valence-corrected chi connectivity index (χ2v) is 6.97. The molecule has 1 N–H and O–H groups in total. The van der Waals surface area contributed by atoms with Gasteiger partial charge in [0.25, 0.3) is 0 Å². The first kappa shape index (κ1) is 16.4. The summed E-state index contributed by atoms with van der Waals surface area (Å²) in [6.45, 7) is 0. The monoisotopic (exact) mass is 399 g/mol. The minimum Gasteiger partial charge on any atom is -0.497 e. The first-order valence-electron chi connectivity index (χ1n) is 8.27. The number of pyridine rings is 1. The van der Waals surface area contributed by atoms with Gasteiger partial charge in [-0.1, -0.05) is 12.1 Å². The van der Waals surface area contributed by atoms with Crippen molar-refractivity contribution in [1.29, 1.82) is 0 Å². The molecule has 128 valence electrons. The van der Waals surface area contributed by atoms with E-state index < -0.39 is 6.10 Å². The summed E-state index contributed by atoms with van der Waals surface area (Å²) in [6, 6.07) is 11.7. The summed E-state index contributed by atoms with van der Waals surface area (Å²) in [4.78, 5) is 4.35. The highest BCUT2D eigenvalue weighted by Crippen LogP contribution is 2.46. The van der Waals surface area contributed by atoms with E-state index in [2.05, 4.69) is 20.9 Å². The van der Waals surface area contributed by atoms with Crippen molar-refractivity contribution < 1.29 is 14.3 Å². The molecule has 5 heteroatoms. The predicted molar refractivity (Wildman–Crippen MR) is 99.5 cm³/mol. The Labute approximate surface area is 154 Å². The summed E-state index contributed by atoms with van der Waals surface area (Å²) in [5, 5.41) is 10.6. The van der Waals surface area contributed by atoms with Gasteiger partial charge in [-0.15, -0.1) is 0 Å². The number of aryl methyl sites for hydroxylation is 1. The van der Waals surface area contributed by atoms with Gasteiger partial charge in [0, 0.05) is 34.9 Å². The number of ether oxygens (including phenoxy) is 1. The van der Waals surface area contributed by atoms with Crippen LogP contribution >= 0.6 is 15.9 Å². The molecule has 0 spiro atoms. The number of aromatic nitrogens is 1. The van der Waals surface area contributed by atoms with Gasteiger partial charge >= 0.3 is 0 Å². The van der Waals surface area contributed by atoms with Crippen LogP contribution in [0.1, 0.15) is 30.3 Å². The lowest BCUT2D eigenvalue weighted by Gasteiger charge is -2.17. The van der Waals surface area contributed by atoms with E-state index in [4.69, 9.17) is 9.15 Å². The van der Waals surface area contributed by atoms with Crippen LogP contribution in [0.15, 0.2) is 51.6 Å². The molecule has 2 aromatic heterocycles. The molecular formula is C20H18BrNO3. The minimum atomic E-state index is -0.509. The van der Waals surface area contributed by atoms with Gasteiger partial charge in [-0.2, -0.15) is 0 Å². The number of hydrogen-bond acceptors (Lipinski definition) is 4. The van der Waals surface area contributed by atoms with Crippen LogP contribution in [0, 0.1) is 0 Å². The molecular weight excluding hydrogens is 382 g/mol. The van der Waals surface area contributed by atoms with Gasteiger partial charge in [0.05, 0.1) is 13.2 Å². The van der Waals surface area contributed by atoms with Crippen molar-refractivity contribution in [3.05, 3.63) is 58.5 Å². The quantitative estimate of drug-likeness (QED) is 0.618. The van der Waals surface area contributed by atoms with Gasteiger partial charge in [0.15, 0.2) is 0 Å². The molecule has 1 aliphatic rings. The fourth-order valence-electron chi connectivity index (χ4n) is 3.41. The number of methoxy groups -OCH3 is 1. The number of rotatable bonds is 3. The van der Waals surface area contributed by atoms with Gasteiger partial charge in [-0.05, 0) is 53.0 Å². The maximum absolute atomic E-state index is 10.6. The molecule has 4 rings (SSSR count). The molecule has 0 amide bonds. The lowest BCUT2D eigenvalue weighted by molar-refractivity contribution is 0.153. The number of aliphatic hydroxyl groups excluding tert-OH is 1. The van der Waals surface area contributed by atoms with Crippen LogP contribution < -0.4 is 4.74 Å². The van der Waals surface area contributed by atoms with Gasteiger partial charge in [-0.3, -0.25) is 0 Å². The molecule has 0 bridgehead atoms. The third-order valence-corrected chi connectivity index (χ3v) is 5.05. The highest BCUT2D eigenvalue weighted by Gasteiger charge is 2.30. The Morgan fingerprint density at radius 3 is 2.88 bits per heavy atom. The zero-order valence-corrected chi connectivity index (χ0v) is 15.4. The van der Waals surface area contributed by atoms with Crippen molar-refractivity contribution in [3.63, 3.8) is 0 Å². The van der Waals surface area contributed by atoms with Crippen LogP contribution in [0.5, 0.6) is 5.75 Å². The van der Waals surface area contributed by atoms with E-state index in [0.29, 0.717) is 0 Å². The number of aliphatic hydroxyl groups is 1.